The standard InChI is InChI=1S/C25H29FN6O4S.C2H6O2/c1-14(2)29-23(34)25(4,5)31-20(33)19-15(3)21(32-27-10-11-28-32)37-22(19)30(24(31)35)12-9-16-13-17(26)7-8-18(16)36-6;3-1-2-4/h7-8,10-11,13-14H,9,12H2,1-6H3,(H,29,34);3-4H,1-2H2. The summed E-state index contributed by atoms with van der Waals surface area (Å²) in [6, 6.07) is 4.00. The molecule has 0 saturated heterocycles. The zero-order valence-corrected chi connectivity index (χ0v) is 24.7. The lowest BCUT2D eigenvalue weighted by atomic mass is 10.0. The van der Waals surface area contributed by atoms with Crippen LogP contribution in [0, 0.1) is 12.7 Å². The van der Waals surface area contributed by atoms with Crippen LogP contribution >= 0.6 is 11.3 Å². The second kappa shape index (κ2) is 13.2. The Bertz CT molecular complexity index is 1620. The van der Waals surface area contributed by atoms with Crippen LogP contribution in [0.4, 0.5) is 4.39 Å². The number of methoxy groups -OCH3 is 1. The monoisotopic (exact) mass is 590 g/mol. The number of nitrogens with zero attached hydrogens (tertiary/aromatic N) is 5. The topological polar surface area (TPSA) is 153 Å². The van der Waals surface area contributed by atoms with Gasteiger partial charge in [0.1, 0.15) is 26.9 Å². The highest BCUT2D eigenvalue weighted by Crippen LogP contribution is 2.31. The van der Waals surface area contributed by atoms with Gasteiger partial charge in [-0.2, -0.15) is 10.2 Å². The van der Waals surface area contributed by atoms with Crippen LogP contribution in [0.25, 0.3) is 15.2 Å². The summed E-state index contributed by atoms with van der Waals surface area (Å²) in [4.78, 5) is 42.6. The Hall–Kier alpha value is -3.88. The summed E-state index contributed by atoms with van der Waals surface area (Å²) in [7, 11) is 1.49. The number of aliphatic hydroxyl groups excluding tert-OH is 2. The van der Waals surface area contributed by atoms with Crippen LogP contribution in [0.1, 0.15) is 38.8 Å². The van der Waals surface area contributed by atoms with E-state index in [9.17, 15) is 18.8 Å². The van der Waals surface area contributed by atoms with E-state index in [1.807, 2.05) is 0 Å². The maximum Gasteiger partial charge on any atom is 0.333 e. The number of amides is 1. The molecule has 0 aliphatic heterocycles. The first kappa shape index (κ1) is 31.6. The van der Waals surface area contributed by atoms with Crippen LogP contribution in [0.3, 0.4) is 0 Å². The first-order chi connectivity index (χ1) is 19.4. The highest BCUT2D eigenvalue weighted by molar-refractivity contribution is 7.21. The maximum atomic E-state index is 14.0. The van der Waals surface area contributed by atoms with Crippen molar-refractivity contribution < 1.29 is 24.1 Å². The lowest BCUT2D eigenvalue weighted by molar-refractivity contribution is -0.129. The number of hydrogen-bond acceptors (Lipinski definition) is 9. The third-order valence-corrected chi connectivity index (χ3v) is 7.55. The van der Waals surface area contributed by atoms with E-state index < -0.39 is 28.5 Å². The van der Waals surface area contributed by atoms with Gasteiger partial charge >= 0.3 is 5.69 Å². The summed E-state index contributed by atoms with van der Waals surface area (Å²) in [5, 5.41) is 27.3. The Kier molecular flexibility index (Phi) is 10.2. The van der Waals surface area contributed by atoms with Crippen molar-refractivity contribution in [2.24, 2.45) is 0 Å². The number of aryl methyl sites for hydroxylation is 3. The number of rotatable bonds is 9. The van der Waals surface area contributed by atoms with E-state index in [0.29, 0.717) is 32.1 Å². The molecule has 0 atom stereocenters. The smallest absolute Gasteiger partial charge is 0.333 e. The predicted molar refractivity (Wildman–Crippen MR) is 153 cm³/mol. The van der Waals surface area contributed by atoms with Gasteiger partial charge in [0.25, 0.3) is 5.56 Å². The quantitative estimate of drug-likeness (QED) is 0.266. The number of halogens is 1. The molecule has 0 unspecified atom stereocenters. The van der Waals surface area contributed by atoms with Crippen molar-refractivity contribution in [3.8, 4) is 10.8 Å². The molecule has 222 valence electrons. The van der Waals surface area contributed by atoms with E-state index in [4.69, 9.17) is 14.9 Å². The van der Waals surface area contributed by atoms with Crippen LogP contribution in [0.5, 0.6) is 5.75 Å². The number of ether oxygens (including phenoxy) is 1. The van der Waals surface area contributed by atoms with E-state index in [-0.39, 0.29) is 32.2 Å². The predicted octanol–water partition coefficient (Wildman–Crippen LogP) is 1.73. The van der Waals surface area contributed by atoms with Gasteiger partial charge in [-0.1, -0.05) is 11.3 Å². The van der Waals surface area contributed by atoms with Crippen LogP contribution in [0.15, 0.2) is 40.2 Å². The number of fused-ring (bicyclic) bond motifs is 1. The number of hydrogen-bond donors (Lipinski definition) is 3. The molecule has 3 aromatic heterocycles. The van der Waals surface area contributed by atoms with Crippen molar-refractivity contribution in [2.45, 2.75) is 59.2 Å². The van der Waals surface area contributed by atoms with E-state index in [1.54, 1.807) is 20.8 Å². The second-order valence-electron chi connectivity index (χ2n) is 9.95. The Morgan fingerprint density at radius 3 is 2.37 bits per heavy atom. The highest BCUT2D eigenvalue weighted by Gasteiger charge is 2.35. The molecule has 0 bridgehead atoms. The number of carbonyl (C=O) groups excluding carboxylic acids is 1. The van der Waals surface area contributed by atoms with Crippen molar-refractivity contribution in [2.75, 3.05) is 20.3 Å². The molecular formula is C27H35FN6O6S. The van der Waals surface area contributed by atoms with Gasteiger partial charge in [-0.25, -0.2) is 13.8 Å². The van der Waals surface area contributed by atoms with E-state index >= 15 is 0 Å². The molecule has 0 radical (unpaired) electrons. The molecule has 4 aromatic rings. The molecule has 4 rings (SSSR count). The van der Waals surface area contributed by atoms with Gasteiger partial charge in [-0.15, -0.1) is 4.80 Å². The molecule has 0 aliphatic carbocycles. The summed E-state index contributed by atoms with van der Waals surface area (Å²) in [5.41, 5.74) is -1.54. The fourth-order valence-electron chi connectivity index (χ4n) is 4.25. The molecule has 12 nitrogen and oxygen atoms in total. The van der Waals surface area contributed by atoms with E-state index in [0.717, 1.165) is 4.57 Å². The molecule has 1 amide bonds. The van der Waals surface area contributed by atoms with E-state index in [2.05, 4.69) is 15.5 Å². The van der Waals surface area contributed by atoms with Gasteiger partial charge in [-0.3, -0.25) is 14.2 Å². The molecule has 0 spiro atoms. The Morgan fingerprint density at radius 2 is 1.80 bits per heavy atom. The minimum absolute atomic E-state index is 0.114. The van der Waals surface area contributed by atoms with Gasteiger partial charge in [0.05, 0.1) is 38.1 Å². The Labute approximate surface area is 239 Å². The van der Waals surface area contributed by atoms with Gasteiger partial charge < -0.3 is 20.3 Å². The zero-order valence-electron chi connectivity index (χ0n) is 23.8. The van der Waals surface area contributed by atoms with Crippen molar-refractivity contribution in [3.05, 3.63) is 68.4 Å². The summed E-state index contributed by atoms with van der Waals surface area (Å²) >= 11 is 1.20. The Morgan fingerprint density at radius 1 is 1.17 bits per heavy atom. The minimum Gasteiger partial charge on any atom is -0.496 e. The number of nitrogens with one attached hydrogen (secondary N) is 1. The van der Waals surface area contributed by atoms with Gasteiger partial charge in [0.15, 0.2) is 0 Å². The summed E-state index contributed by atoms with van der Waals surface area (Å²) in [6.07, 6.45) is 3.29. The lowest BCUT2D eigenvalue weighted by Crippen LogP contribution is -2.56. The first-order valence-electron chi connectivity index (χ1n) is 12.9. The van der Waals surface area contributed by atoms with Crippen molar-refractivity contribution >= 4 is 27.5 Å². The summed E-state index contributed by atoms with van der Waals surface area (Å²) in [6.45, 7) is 8.31. The number of carbonyl (C=O) groups is 1. The van der Waals surface area contributed by atoms with Crippen molar-refractivity contribution in [1.82, 2.24) is 29.4 Å². The lowest BCUT2D eigenvalue weighted by Gasteiger charge is -2.27. The minimum atomic E-state index is -1.48. The summed E-state index contributed by atoms with van der Waals surface area (Å²) in [5.74, 6) is -0.399. The third kappa shape index (κ3) is 6.55. The largest absolute Gasteiger partial charge is 0.496 e. The SMILES string of the molecule is COc1ccc(F)cc1CCn1c(=O)n(C(C)(C)C(=O)NC(C)C)c(=O)c2c(C)c(-n3nccn3)sc21.OCCO. The molecule has 3 N–H and O–H groups in total. The maximum absolute atomic E-state index is 14.0. The van der Waals surface area contributed by atoms with Crippen molar-refractivity contribution in [1.29, 1.82) is 0 Å². The molecule has 1 aromatic carbocycles. The molecule has 0 fully saturated rings. The fourth-order valence-corrected chi connectivity index (χ4v) is 5.49. The molecule has 14 heteroatoms. The molecular weight excluding hydrogens is 555 g/mol. The third-order valence-electron chi connectivity index (χ3n) is 6.27. The number of aromatic nitrogens is 5. The van der Waals surface area contributed by atoms with E-state index in [1.165, 1.54) is 72.3 Å². The van der Waals surface area contributed by atoms with Crippen LogP contribution in [0.2, 0.25) is 0 Å². The zero-order chi connectivity index (χ0) is 30.5. The van der Waals surface area contributed by atoms with Gasteiger partial charge in [-0.05, 0) is 64.8 Å². The average Bonchev–Trinajstić information content (AvgIpc) is 3.56. The second-order valence-corrected chi connectivity index (χ2v) is 10.9. The van der Waals surface area contributed by atoms with Crippen LogP contribution < -0.4 is 21.3 Å². The molecule has 3 heterocycles. The Balaban J connectivity index is 0.00000108. The normalized spacial score (nSPS) is 11.5. The molecule has 41 heavy (non-hydrogen) atoms. The van der Waals surface area contributed by atoms with Gasteiger partial charge in [0, 0.05) is 18.2 Å². The molecule has 0 saturated carbocycles. The van der Waals surface area contributed by atoms with Crippen molar-refractivity contribution in [3.63, 3.8) is 0 Å². The molecule has 0 aliphatic rings. The first-order valence-corrected chi connectivity index (χ1v) is 13.7. The number of thiophene rings is 1. The number of benzene rings is 1. The van der Waals surface area contributed by atoms with Crippen LogP contribution in [-0.4, -0.2) is 66.6 Å². The van der Waals surface area contributed by atoms with Gasteiger partial charge in [0.2, 0.25) is 5.91 Å². The summed E-state index contributed by atoms with van der Waals surface area (Å²) < 4.78 is 21.8. The fraction of sp³-hybridized carbons (Fsp3) is 0.444. The number of aliphatic hydroxyl groups is 2. The van der Waals surface area contributed by atoms with Crippen LogP contribution in [-0.2, 0) is 23.3 Å². The average molecular weight is 591 g/mol. The highest BCUT2D eigenvalue weighted by atomic mass is 32.1.